The molecule has 0 aliphatic heterocycles. The fourth-order valence-electron chi connectivity index (χ4n) is 2.83. The van der Waals surface area contributed by atoms with Crippen LogP contribution in [0, 0.1) is 0 Å². The average molecular weight is 358 g/mol. The van der Waals surface area contributed by atoms with Crippen LogP contribution in [0.25, 0.3) is 0 Å². The van der Waals surface area contributed by atoms with Gasteiger partial charge in [0.2, 0.25) is 0 Å². The Morgan fingerprint density at radius 1 is 0.630 bits per heavy atom. The minimum Gasteiger partial charge on any atom is -0.462 e. The molecule has 0 heterocycles. The highest BCUT2D eigenvalue weighted by atomic mass is 16.5. The molecule has 0 bridgehead atoms. The molecular formula is C24H22O3. The van der Waals surface area contributed by atoms with Crippen molar-refractivity contribution < 1.29 is 14.3 Å². The topological polar surface area (TPSA) is 43.4 Å². The normalized spacial score (nSPS) is 10.4. The zero-order valence-corrected chi connectivity index (χ0v) is 15.1. The van der Waals surface area contributed by atoms with Crippen molar-refractivity contribution in [2.45, 2.75) is 19.3 Å². The van der Waals surface area contributed by atoms with E-state index >= 15 is 0 Å². The Kier molecular flexibility index (Phi) is 6.53. The summed E-state index contributed by atoms with van der Waals surface area (Å²) in [5, 5.41) is 0. The monoisotopic (exact) mass is 358 g/mol. The first-order valence-corrected chi connectivity index (χ1v) is 9.15. The molecule has 0 aliphatic rings. The highest BCUT2D eigenvalue weighted by Crippen LogP contribution is 2.13. The van der Waals surface area contributed by atoms with Gasteiger partial charge in [0.15, 0.2) is 5.78 Å². The van der Waals surface area contributed by atoms with Gasteiger partial charge in [-0.1, -0.05) is 72.8 Å². The molecule has 27 heavy (non-hydrogen) atoms. The van der Waals surface area contributed by atoms with Crippen molar-refractivity contribution in [1.29, 1.82) is 0 Å². The molecule has 3 rings (SSSR count). The largest absolute Gasteiger partial charge is 0.462 e. The van der Waals surface area contributed by atoms with Gasteiger partial charge in [-0.25, -0.2) is 4.79 Å². The van der Waals surface area contributed by atoms with E-state index in [0.29, 0.717) is 23.3 Å². The van der Waals surface area contributed by atoms with Gasteiger partial charge in [-0.3, -0.25) is 4.79 Å². The van der Waals surface area contributed by atoms with Gasteiger partial charge in [-0.15, -0.1) is 0 Å². The number of carbonyl (C=O) groups excluding carboxylic acids is 2. The molecule has 3 heteroatoms. The molecule has 3 aromatic rings. The van der Waals surface area contributed by atoms with E-state index in [2.05, 4.69) is 0 Å². The number of benzene rings is 3. The first-order chi connectivity index (χ1) is 13.2. The van der Waals surface area contributed by atoms with Crippen molar-refractivity contribution in [2.75, 3.05) is 6.61 Å². The number of ether oxygens (including phenoxy) is 1. The highest BCUT2D eigenvalue weighted by molar-refractivity contribution is 6.08. The number of hydrogen-bond acceptors (Lipinski definition) is 3. The molecule has 0 fully saturated rings. The molecule has 0 saturated carbocycles. The Hall–Kier alpha value is -3.20. The van der Waals surface area contributed by atoms with Gasteiger partial charge in [0.1, 0.15) is 0 Å². The number of rotatable bonds is 8. The van der Waals surface area contributed by atoms with Crippen molar-refractivity contribution >= 4 is 11.8 Å². The maximum Gasteiger partial charge on any atom is 0.338 e. The Labute approximate surface area is 159 Å². The fraction of sp³-hybridized carbons (Fsp3) is 0.167. The maximum atomic E-state index is 12.4. The van der Waals surface area contributed by atoms with Crippen molar-refractivity contribution in [3.63, 3.8) is 0 Å². The minimum atomic E-state index is -0.278. The molecule has 136 valence electrons. The number of unbranched alkanes of at least 4 members (excludes halogenated alkanes) is 1. The van der Waals surface area contributed by atoms with Crippen molar-refractivity contribution in [3.8, 4) is 0 Å². The summed E-state index contributed by atoms with van der Waals surface area (Å²) in [6, 6.07) is 26.0. The molecule has 0 amide bonds. The van der Waals surface area contributed by atoms with Crippen molar-refractivity contribution in [1.82, 2.24) is 0 Å². The number of hydrogen-bond donors (Lipinski definition) is 0. The molecule has 0 saturated heterocycles. The van der Waals surface area contributed by atoms with Gasteiger partial charge in [0, 0.05) is 11.1 Å². The lowest BCUT2D eigenvalue weighted by molar-refractivity contribution is 0.0498. The van der Waals surface area contributed by atoms with Crippen LogP contribution in [-0.2, 0) is 11.2 Å². The fourth-order valence-corrected chi connectivity index (χ4v) is 2.83. The predicted octanol–water partition coefficient (Wildman–Crippen LogP) is 5.10. The van der Waals surface area contributed by atoms with E-state index in [1.54, 1.807) is 12.1 Å². The lowest BCUT2D eigenvalue weighted by Gasteiger charge is -2.06. The van der Waals surface area contributed by atoms with Gasteiger partial charge in [-0.05, 0) is 37.0 Å². The van der Waals surface area contributed by atoms with Gasteiger partial charge in [-0.2, -0.15) is 0 Å². The summed E-state index contributed by atoms with van der Waals surface area (Å²) in [7, 11) is 0. The van der Waals surface area contributed by atoms with E-state index in [9.17, 15) is 9.59 Å². The second-order valence-corrected chi connectivity index (χ2v) is 6.35. The van der Waals surface area contributed by atoms with Crippen LogP contribution in [0.3, 0.4) is 0 Å². The van der Waals surface area contributed by atoms with Crippen LogP contribution < -0.4 is 0 Å². The summed E-state index contributed by atoms with van der Waals surface area (Å²) in [6.07, 6.45) is 2.63. The van der Waals surface area contributed by atoms with E-state index in [-0.39, 0.29) is 11.8 Å². The van der Waals surface area contributed by atoms with Crippen LogP contribution in [0.1, 0.15) is 44.7 Å². The first-order valence-electron chi connectivity index (χ1n) is 9.15. The summed E-state index contributed by atoms with van der Waals surface area (Å²) in [5.74, 6) is -0.241. The van der Waals surface area contributed by atoms with E-state index in [1.807, 2.05) is 72.8 Å². The second kappa shape index (κ2) is 9.48. The molecule has 0 unspecified atom stereocenters. The third-order valence-corrected chi connectivity index (χ3v) is 4.35. The Bertz CT molecular complexity index is 869. The smallest absolute Gasteiger partial charge is 0.338 e. The van der Waals surface area contributed by atoms with E-state index in [4.69, 9.17) is 4.74 Å². The summed E-state index contributed by atoms with van der Waals surface area (Å²) < 4.78 is 5.28. The zero-order valence-electron chi connectivity index (χ0n) is 15.1. The standard InChI is InChI=1S/C24H22O3/c25-23(20-10-3-1-4-11-20)21-16-14-19(15-17-21)9-7-8-18-27-24(26)22-12-5-2-6-13-22/h1-6,10-17H,7-9,18H2. The summed E-state index contributed by atoms with van der Waals surface area (Å²) >= 11 is 0. The second-order valence-electron chi connectivity index (χ2n) is 6.35. The molecule has 0 aliphatic carbocycles. The minimum absolute atomic E-state index is 0.0370. The Balaban J connectivity index is 1.41. The van der Waals surface area contributed by atoms with Crippen LogP contribution in [0.4, 0.5) is 0 Å². The van der Waals surface area contributed by atoms with Crippen LogP contribution in [0.5, 0.6) is 0 Å². The van der Waals surface area contributed by atoms with E-state index in [0.717, 1.165) is 19.3 Å². The van der Waals surface area contributed by atoms with Crippen LogP contribution in [0.2, 0.25) is 0 Å². The summed E-state index contributed by atoms with van der Waals surface area (Å²) in [4.78, 5) is 24.2. The lowest BCUT2D eigenvalue weighted by atomic mass is 10.0. The molecule has 0 N–H and O–H groups in total. The maximum absolute atomic E-state index is 12.4. The van der Waals surface area contributed by atoms with Gasteiger partial charge >= 0.3 is 5.97 Å². The van der Waals surface area contributed by atoms with Crippen LogP contribution >= 0.6 is 0 Å². The Morgan fingerprint density at radius 2 is 1.19 bits per heavy atom. The van der Waals surface area contributed by atoms with Crippen LogP contribution in [0.15, 0.2) is 84.9 Å². The highest BCUT2D eigenvalue weighted by Gasteiger charge is 2.08. The zero-order chi connectivity index (χ0) is 18.9. The SMILES string of the molecule is O=C(OCCCCc1ccc(C(=O)c2ccccc2)cc1)c1ccccc1. The quantitative estimate of drug-likeness (QED) is 0.320. The van der Waals surface area contributed by atoms with Crippen molar-refractivity contribution in [2.24, 2.45) is 0 Å². The molecule has 3 aromatic carbocycles. The number of aryl methyl sites for hydroxylation is 1. The molecule has 3 nitrogen and oxygen atoms in total. The van der Waals surface area contributed by atoms with E-state index < -0.39 is 0 Å². The third kappa shape index (κ3) is 5.38. The van der Waals surface area contributed by atoms with Gasteiger partial charge < -0.3 is 4.74 Å². The molecule has 0 radical (unpaired) electrons. The molecular weight excluding hydrogens is 336 g/mol. The number of esters is 1. The molecule has 0 spiro atoms. The Morgan fingerprint density at radius 3 is 1.81 bits per heavy atom. The van der Waals surface area contributed by atoms with E-state index in [1.165, 1.54) is 5.56 Å². The van der Waals surface area contributed by atoms with Gasteiger partial charge in [0.25, 0.3) is 0 Å². The first kappa shape index (κ1) is 18.6. The number of carbonyl (C=O) groups is 2. The van der Waals surface area contributed by atoms with Crippen LogP contribution in [-0.4, -0.2) is 18.4 Å². The summed E-state index contributed by atoms with van der Waals surface area (Å²) in [6.45, 7) is 0.415. The third-order valence-electron chi connectivity index (χ3n) is 4.35. The van der Waals surface area contributed by atoms with Crippen molar-refractivity contribution in [3.05, 3.63) is 107 Å². The summed E-state index contributed by atoms with van der Waals surface area (Å²) in [5.41, 5.74) is 3.15. The predicted molar refractivity (Wildman–Crippen MR) is 106 cm³/mol. The van der Waals surface area contributed by atoms with Gasteiger partial charge in [0.05, 0.1) is 12.2 Å². The number of ketones is 1. The molecule has 0 aromatic heterocycles. The lowest BCUT2D eigenvalue weighted by Crippen LogP contribution is -2.06. The average Bonchev–Trinajstić information content (AvgIpc) is 2.74. The molecule has 0 atom stereocenters.